The Balaban J connectivity index is -0.0000000204. The summed E-state index contributed by atoms with van der Waals surface area (Å²) in [7, 11) is 0. The van der Waals surface area contributed by atoms with E-state index >= 15 is 0 Å². The minimum absolute atomic E-state index is 0. The van der Waals surface area contributed by atoms with Gasteiger partial charge in [0.1, 0.15) is 5.75 Å². The van der Waals surface area contributed by atoms with Crippen LogP contribution in [0.25, 0.3) is 0 Å². The van der Waals surface area contributed by atoms with Crippen molar-refractivity contribution in [2.24, 2.45) is 0 Å². The number of aromatic hydroxyl groups is 1. The Labute approximate surface area is 79.1 Å². The first kappa shape index (κ1) is 40.3. The highest BCUT2D eigenvalue weighted by Crippen LogP contribution is 2.02. The zero-order valence-electron chi connectivity index (χ0n) is 6.38. The van der Waals surface area contributed by atoms with Crippen LogP contribution in [0.15, 0.2) is 30.3 Å². The Morgan fingerprint density at radius 1 is 0.692 bits per heavy atom. The molecule has 0 aliphatic heterocycles. The van der Waals surface area contributed by atoms with Gasteiger partial charge in [0.15, 0.2) is 0 Å². The summed E-state index contributed by atoms with van der Waals surface area (Å²) in [4.78, 5) is 0. The third kappa shape index (κ3) is 18.2. The third-order valence-electron chi connectivity index (χ3n) is 0.756. The van der Waals surface area contributed by atoms with Gasteiger partial charge in [0, 0.05) is 0 Å². The summed E-state index contributed by atoms with van der Waals surface area (Å²) in [6, 6.07) is 8.71. The van der Waals surface area contributed by atoms with Crippen LogP contribution < -0.4 is 0 Å². The molecule has 0 aliphatic rings. The Bertz CT molecular complexity index is 151. The number of rotatable bonds is 0. The molecule has 1 nitrogen and oxygen atoms in total. The largest absolute Gasteiger partial charge is 0.508 e. The van der Waals surface area contributed by atoms with Gasteiger partial charge in [0.05, 0.1) is 0 Å². The second-order valence-corrected chi connectivity index (χ2v) is 1.34. The van der Waals surface area contributed by atoms with Crippen molar-refractivity contribution in [3.8, 4) is 5.75 Å². The fourth-order valence-electron chi connectivity index (χ4n) is 0.428. The highest BCUT2D eigenvalue weighted by atomic mass is 32.1. The lowest BCUT2D eigenvalue weighted by atomic mass is 10.3. The molecule has 0 aromatic heterocycles. The Morgan fingerprint density at radius 3 is 1.15 bits per heavy atom. The first-order valence-corrected chi connectivity index (χ1v) is 2.13. The number of hydrogen-bond donors (Lipinski definition) is 1. The van der Waals surface area contributed by atoms with Gasteiger partial charge >= 0.3 is 0 Å². The summed E-state index contributed by atoms with van der Waals surface area (Å²) in [5, 5.41) is 8.63. The average Bonchev–Trinajstić information content (AvgIpc) is 1.69. The molecule has 0 aliphatic carbocycles. The lowest BCUT2D eigenvalue weighted by Crippen LogP contribution is -1.56. The Morgan fingerprint density at radius 2 is 1.00 bits per heavy atom. The van der Waals surface area contributed by atoms with Crippen LogP contribution in [0, 0.1) is 0 Å². The molecule has 0 unspecified atom stereocenters. The van der Waals surface area contributed by atoms with Crippen LogP contribution >= 0.6 is 13.5 Å². The number of phenols is 1. The molecule has 0 bridgehead atoms. The van der Waals surface area contributed by atoms with Crippen LogP contribution in [0.1, 0.15) is 0 Å². The molecule has 1 aromatic rings. The molecule has 0 radical (unpaired) electrons. The van der Waals surface area contributed by atoms with Gasteiger partial charge in [-0.1, -0.05) is 18.2 Å². The second kappa shape index (κ2) is 22.5. The van der Waals surface area contributed by atoms with E-state index in [1.165, 1.54) is 0 Å². The maximum atomic E-state index is 8.63. The molecule has 84 valence electrons. The maximum Gasteiger partial charge on any atom is 0.115 e. The predicted octanol–water partition coefficient (Wildman–Crippen LogP) is 2.27. The molecule has 0 amide bonds. The summed E-state index contributed by atoms with van der Waals surface area (Å²) >= 11 is 0. The maximum absolute atomic E-state index is 8.63. The van der Waals surface area contributed by atoms with Gasteiger partial charge in [-0.25, -0.2) is 0 Å². The van der Waals surface area contributed by atoms with E-state index in [0.717, 1.165) is 0 Å². The molecule has 7 heteroatoms. The number of phenolic OH excluding ortho intramolecular Hbond substituents is 1. The van der Waals surface area contributed by atoms with Gasteiger partial charge in [-0.05, 0) is 12.1 Å². The van der Waals surface area contributed by atoms with Crippen molar-refractivity contribution in [1.29, 1.82) is 0 Å². The minimum atomic E-state index is 0. The number of para-hydroxylation sites is 1. The van der Waals surface area contributed by atoms with Crippen molar-refractivity contribution in [3.63, 3.8) is 0 Å². The molecule has 0 atom stereocenters. The van der Waals surface area contributed by atoms with Crippen molar-refractivity contribution >= 4 is 13.5 Å². The van der Waals surface area contributed by atoms with Gasteiger partial charge < -0.3 is 5.11 Å². The van der Waals surface area contributed by atoms with E-state index in [2.05, 4.69) is 0 Å². The fourth-order valence-corrected chi connectivity index (χ4v) is 0.428. The molecule has 1 rings (SSSR count). The van der Waals surface area contributed by atoms with Gasteiger partial charge in [-0.3, -0.25) is 23.5 Å². The van der Waals surface area contributed by atoms with Crippen LogP contribution in [-0.4, -0.2) is 5.11 Å². The summed E-state index contributed by atoms with van der Waals surface area (Å²) in [6.07, 6.45) is 0. The summed E-state index contributed by atoms with van der Waals surface area (Å²) in [6.45, 7) is 0. The monoisotopic (exact) mass is 228 g/mol. The topological polar surface area (TPSA) is 20.2 Å². The first-order chi connectivity index (χ1) is 3.39. The average molecular weight is 228 g/mol. The molecule has 1 N–H and O–H groups in total. The number of benzene rings is 1. The first-order valence-electron chi connectivity index (χ1n) is 2.13. The van der Waals surface area contributed by atoms with E-state index in [1.54, 1.807) is 24.3 Å². The molecular formula is C6H13F5OS. The normalized spacial score (nSPS) is 4.62. The van der Waals surface area contributed by atoms with Gasteiger partial charge in [0.2, 0.25) is 0 Å². The van der Waals surface area contributed by atoms with E-state index in [1.807, 2.05) is 6.07 Å². The van der Waals surface area contributed by atoms with Crippen LogP contribution in [-0.2, 0) is 0 Å². The second-order valence-electron chi connectivity index (χ2n) is 1.34. The van der Waals surface area contributed by atoms with E-state index in [-0.39, 0.29) is 37.0 Å². The molecule has 1 aromatic carbocycles. The Hall–Kier alpha value is -0.980. The molecule has 0 fully saturated rings. The van der Waals surface area contributed by atoms with E-state index in [4.69, 9.17) is 5.11 Å². The lowest BCUT2D eigenvalue weighted by molar-refractivity contribution is 0.475. The number of halogens is 5. The van der Waals surface area contributed by atoms with E-state index in [9.17, 15) is 0 Å². The molecule has 13 heavy (non-hydrogen) atoms. The lowest BCUT2D eigenvalue weighted by Gasteiger charge is -1.82. The summed E-state index contributed by atoms with van der Waals surface area (Å²) in [5.41, 5.74) is 0. The third-order valence-corrected chi connectivity index (χ3v) is 0.756. The predicted molar refractivity (Wildman–Crippen MR) is 51.0 cm³/mol. The minimum Gasteiger partial charge on any atom is -0.508 e. The van der Waals surface area contributed by atoms with Crippen molar-refractivity contribution in [2.45, 2.75) is 0 Å². The summed E-state index contributed by atoms with van der Waals surface area (Å²) in [5.74, 6) is 0.322. The van der Waals surface area contributed by atoms with Gasteiger partial charge in [0.25, 0.3) is 0 Å². The molecule has 0 saturated carbocycles. The quantitative estimate of drug-likeness (QED) is 0.675. The van der Waals surface area contributed by atoms with Gasteiger partial charge in [-0.15, -0.1) is 0 Å². The molecular weight excluding hydrogens is 215 g/mol. The van der Waals surface area contributed by atoms with Crippen LogP contribution in [0.3, 0.4) is 0 Å². The number of hydrogen-bond acceptors (Lipinski definition) is 1. The standard InChI is InChI=1S/C6H6O.5FH.H2S/c7-6-4-2-1-3-5-6;;;;;;/h1-5,7H;5*1H;1H2. The van der Waals surface area contributed by atoms with Crippen molar-refractivity contribution in [3.05, 3.63) is 30.3 Å². The Kier molecular flexibility index (Phi) is 69.6. The van der Waals surface area contributed by atoms with Crippen LogP contribution in [0.2, 0.25) is 0 Å². The molecule has 0 saturated heterocycles. The molecule has 0 spiro atoms. The fraction of sp³-hybridized carbons (Fsp3) is 0. The van der Waals surface area contributed by atoms with Crippen molar-refractivity contribution in [1.82, 2.24) is 0 Å². The van der Waals surface area contributed by atoms with Crippen LogP contribution in [0.5, 0.6) is 5.75 Å². The van der Waals surface area contributed by atoms with Gasteiger partial charge in [-0.2, -0.15) is 13.5 Å². The van der Waals surface area contributed by atoms with Crippen molar-refractivity contribution in [2.75, 3.05) is 0 Å². The SMILES string of the molecule is F.F.F.F.F.Oc1ccccc1.S. The smallest absolute Gasteiger partial charge is 0.115 e. The molecule has 0 heterocycles. The zero-order valence-corrected chi connectivity index (χ0v) is 7.38. The van der Waals surface area contributed by atoms with E-state index < -0.39 is 0 Å². The zero-order chi connectivity index (χ0) is 5.11. The highest BCUT2D eigenvalue weighted by Gasteiger charge is 1.74. The highest BCUT2D eigenvalue weighted by molar-refractivity contribution is 7.59. The van der Waals surface area contributed by atoms with E-state index in [0.29, 0.717) is 5.75 Å². The van der Waals surface area contributed by atoms with Crippen molar-refractivity contribution < 1.29 is 28.6 Å². The summed E-state index contributed by atoms with van der Waals surface area (Å²) < 4.78 is 0. The van der Waals surface area contributed by atoms with Crippen LogP contribution in [0.4, 0.5) is 23.5 Å².